The Morgan fingerprint density at radius 3 is 2.62 bits per heavy atom. The molecular formula is C16H19N3O4S. The molecule has 0 unspecified atom stereocenters. The smallest absolute Gasteiger partial charge is 0.337 e. The van der Waals surface area contributed by atoms with Crippen LogP contribution in [0.4, 0.5) is 17.2 Å². The van der Waals surface area contributed by atoms with E-state index in [9.17, 15) is 13.2 Å². The summed E-state index contributed by atoms with van der Waals surface area (Å²) in [5.74, 6) is -0.107. The number of hydrogen-bond acceptors (Lipinski definition) is 6. The van der Waals surface area contributed by atoms with Gasteiger partial charge in [-0.2, -0.15) is 0 Å². The van der Waals surface area contributed by atoms with Gasteiger partial charge in [0.15, 0.2) is 0 Å². The summed E-state index contributed by atoms with van der Waals surface area (Å²) < 4.78 is 30.5. The van der Waals surface area contributed by atoms with Crippen LogP contribution in [0.3, 0.4) is 0 Å². The van der Waals surface area contributed by atoms with E-state index in [1.165, 1.54) is 13.3 Å². The zero-order chi connectivity index (χ0) is 17.6. The second-order valence-electron chi connectivity index (χ2n) is 5.05. The monoisotopic (exact) mass is 349 g/mol. The van der Waals surface area contributed by atoms with Crippen LogP contribution in [-0.2, 0) is 14.8 Å². The van der Waals surface area contributed by atoms with Gasteiger partial charge in [-0.1, -0.05) is 13.0 Å². The van der Waals surface area contributed by atoms with Crippen LogP contribution in [0.15, 0.2) is 42.6 Å². The lowest BCUT2D eigenvalue weighted by atomic mass is 10.2. The molecule has 0 fully saturated rings. The topological polar surface area (TPSA) is 97.4 Å². The van der Waals surface area contributed by atoms with Crippen LogP contribution >= 0.6 is 0 Å². The van der Waals surface area contributed by atoms with Crippen molar-refractivity contribution < 1.29 is 17.9 Å². The summed E-state index contributed by atoms with van der Waals surface area (Å²) in [5.41, 5.74) is 1.79. The van der Waals surface area contributed by atoms with Crippen molar-refractivity contribution in [1.82, 2.24) is 4.98 Å². The van der Waals surface area contributed by atoms with Crippen LogP contribution in [0.2, 0.25) is 0 Å². The number of pyridine rings is 1. The van der Waals surface area contributed by atoms with Gasteiger partial charge in [-0.3, -0.25) is 4.72 Å². The molecule has 24 heavy (non-hydrogen) atoms. The Bertz CT molecular complexity index is 804. The van der Waals surface area contributed by atoms with Crippen molar-refractivity contribution in [2.45, 2.75) is 13.3 Å². The third-order valence-electron chi connectivity index (χ3n) is 3.07. The minimum atomic E-state index is -3.36. The van der Waals surface area contributed by atoms with Gasteiger partial charge in [0.1, 0.15) is 5.82 Å². The molecule has 2 N–H and O–H groups in total. The molecule has 0 spiro atoms. The molecule has 0 aliphatic rings. The van der Waals surface area contributed by atoms with Gasteiger partial charge in [-0.25, -0.2) is 18.2 Å². The van der Waals surface area contributed by atoms with E-state index >= 15 is 0 Å². The van der Waals surface area contributed by atoms with E-state index in [0.717, 1.165) is 0 Å². The first-order valence-electron chi connectivity index (χ1n) is 7.35. The number of methoxy groups -OCH3 is 1. The predicted molar refractivity (Wildman–Crippen MR) is 93.0 cm³/mol. The number of carbonyl (C=O) groups excluding carboxylic acids is 1. The first-order valence-corrected chi connectivity index (χ1v) is 9.00. The number of esters is 1. The highest BCUT2D eigenvalue weighted by Gasteiger charge is 2.09. The van der Waals surface area contributed by atoms with Gasteiger partial charge in [-0.05, 0) is 36.8 Å². The Labute approximate surface area is 141 Å². The Morgan fingerprint density at radius 1 is 1.21 bits per heavy atom. The SMILES string of the molecule is CCCS(=O)(=O)Nc1ccc(Nc2cccc(C(=O)OC)c2)cn1. The summed E-state index contributed by atoms with van der Waals surface area (Å²) >= 11 is 0. The van der Waals surface area contributed by atoms with Crippen molar-refractivity contribution in [3.63, 3.8) is 0 Å². The quantitative estimate of drug-likeness (QED) is 0.746. The fraction of sp³-hybridized carbons (Fsp3) is 0.250. The number of sulfonamides is 1. The molecule has 0 amide bonds. The van der Waals surface area contributed by atoms with Crippen molar-refractivity contribution in [3.8, 4) is 0 Å². The van der Waals surface area contributed by atoms with Crippen LogP contribution in [0.1, 0.15) is 23.7 Å². The summed E-state index contributed by atoms with van der Waals surface area (Å²) in [4.78, 5) is 15.6. The summed E-state index contributed by atoms with van der Waals surface area (Å²) in [6, 6.07) is 10.1. The minimum absolute atomic E-state index is 0.0506. The van der Waals surface area contributed by atoms with Crippen LogP contribution in [0.25, 0.3) is 0 Å². The van der Waals surface area contributed by atoms with Crippen molar-refractivity contribution in [1.29, 1.82) is 0 Å². The summed E-state index contributed by atoms with van der Waals surface area (Å²) in [5, 5.41) is 3.09. The molecule has 1 heterocycles. The Kier molecular flexibility index (Phi) is 5.75. The highest BCUT2D eigenvalue weighted by molar-refractivity contribution is 7.92. The maximum absolute atomic E-state index is 11.7. The van der Waals surface area contributed by atoms with E-state index in [1.54, 1.807) is 43.3 Å². The van der Waals surface area contributed by atoms with Crippen LogP contribution < -0.4 is 10.0 Å². The first kappa shape index (κ1) is 17.7. The average molecular weight is 349 g/mol. The van der Waals surface area contributed by atoms with E-state index in [1.807, 2.05) is 0 Å². The van der Waals surface area contributed by atoms with Crippen molar-refractivity contribution >= 4 is 33.2 Å². The first-order chi connectivity index (χ1) is 11.4. The number of rotatable bonds is 7. The fourth-order valence-electron chi connectivity index (χ4n) is 2.02. The van der Waals surface area contributed by atoms with Crippen molar-refractivity contribution in [3.05, 3.63) is 48.2 Å². The lowest BCUT2D eigenvalue weighted by molar-refractivity contribution is 0.0601. The third-order valence-corrected chi connectivity index (χ3v) is 4.53. The Balaban J connectivity index is 2.08. The molecule has 0 bridgehead atoms. The summed E-state index contributed by atoms with van der Waals surface area (Å²) in [7, 11) is -2.03. The summed E-state index contributed by atoms with van der Waals surface area (Å²) in [6.45, 7) is 1.79. The van der Waals surface area contributed by atoms with Gasteiger partial charge in [0.05, 0.1) is 30.3 Å². The predicted octanol–water partition coefficient (Wildman–Crippen LogP) is 2.76. The zero-order valence-corrected chi connectivity index (χ0v) is 14.3. The highest BCUT2D eigenvalue weighted by atomic mass is 32.2. The normalized spacial score (nSPS) is 10.9. The van der Waals surface area contributed by atoms with Crippen LogP contribution in [-0.4, -0.2) is 32.2 Å². The van der Waals surface area contributed by atoms with Crippen molar-refractivity contribution in [2.24, 2.45) is 0 Å². The molecule has 0 aliphatic heterocycles. The van der Waals surface area contributed by atoms with Gasteiger partial charge in [-0.15, -0.1) is 0 Å². The molecular weight excluding hydrogens is 330 g/mol. The van der Waals surface area contributed by atoms with E-state index in [2.05, 4.69) is 19.8 Å². The number of nitrogens with zero attached hydrogens (tertiary/aromatic N) is 1. The number of nitrogens with one attached hydrogen (secondary N) is 2. The highest BCUT2D eigenvalue weighted by Crippen LogP contribution is 2.19. The van der Waals surface area contributed by atoms with Crippen LogP contribution in [0, 0.1) is 0 Å². The van der Waals surface area contributed by atoms with Gasteiger partial charge >= 0.3 is 5.97 Å². The standard InChI is InChI=1S/C16H19N3O4S/c1-3-9-24(21,22)19-15-8-7-14(11-17-15)18-13-6-4-5-12(10-13)16(20)23-2/h4-8,10-11,18H,3,9H2,1-2H3,(H,17,19). The molecule has 0 aliphatic carbocycles. The molecule has 0 atom stereocenters. The number of benzene rings is 1. The molecule has 2 aromatic rings. The minimum Gasteiger partial charge on any atom is -0.465 e. The molecule has 1 aromatic heterocycles. The molecule has 1 aromatic carbocycles. The largest absolute Gasteiger partial charge is 0.465 e. The van der Waals surface area contributed by atoms with Gasteiger partial charge < -0.3 is 10.1 Å². The third kappa shape index (κ3) is 4.95. The second-order valence-corrected chi connectivity index (χ2v) is 6.89. The second kappa shape index (κ2) is 7.78. The maximum Gasteiger partial charge on any atom is 0.337 e. The molecule has 0 saturated heterocycles. The van der Waals surface area contributed by atoms with E-state index in [4.69, 9.17) is 0 Å². The van der Waals surface area contributed by atoms with Gasteiger partial charge in [0.25, 0.3) is 0 Å². The Hall–Kier alpha value is -2.61. The van der Waals surface area contributed by atoms with Crippen LogP contribution in [0.5, 0.6) is 0 Å². The lowest BCUT2D eigenvalue weighted by Crippen LogP contribution is -2.16. The van der Waals surface area contributed by atoms with E-state index in [0.29, 0.717) is 23.4 Å². The van der Waals surface area contributed by atoms with Gasteiger partial charge in [0, 0.05) is 5.69 Å². The number of aromatic nitrogens is 1. The number of hydrogen-bond donors (Lipinski definition) is 2. The molecule has 8 heteroatoms. The molecule has 2 rings (SSSR count). The maximum atomic E-state index is 11.7. The molecule has 0 radical (unpaired) electrons. The number of carbonyl (C=O) groups is 1. The fourth-order valence-corrected chi connectivity index (χ4v) is 3.09. The Morgan fingerprint density at radius 2 is 2.00 bits per heavy atom. The molecule has 7 nitrogen and oxygen atoms in total. The van der Waals surface area contributed by atoms with E-state index in [-0.39, 0.29) is 11.6 Å². The van der Waals surface area contributed by atoms with E-state index < -0.39 is 16.0 Å². The molecule has 128 valence electrons. The number of ether oxygens (including phenoxy) is 1. The summed E-state index contributed by atoms with van der Waals surface area (Å²) in [6.07, 6.45) is 2.04. The zero-order valence-electron chi connectivity index (χ0n) is 13.4. The number of anilines is 3. The molecule has 0 saturated carbocycles. The average Bonchev–Trinajstić information content (AvgIpc) is 2.56. The van der Waals surface area contributed by atoms with Gasteiger partial charge in [0.2, 0.25) is 10.0 Å². The lowest BCUT2D eigenvalue weighted by Gasteiger charge is -2.09. The van der Waals surface area contributed by atoms with Crippen molar-refractivity contribution in [2.75, 3.05) is 22.9 Å².